The monoisotopic (exact) mass is 492 g/mol. The van der Waals surface area contributed by atoms with Gasteiger partial charge in [0.15, 0.2) is 0 Å². The lowest BCUT2D eigenvalue weighted by Crippen LogP contribution is -2.30. The molecule has 0 heterocycles. The van der Waals surface area contributed by atoms with Crippen LogP contribution in [0.15, 0.2) is 83.8 Å². The highest BCUT2D eigenvalue weighted by atomic mass is 32.2. The fourth-order valence-electron chi connectivity index (χ4n) is 3.63. The zero-order chi connectivity index (χ0) is 24.9. The second-order valence-electron chi connectivity index (χ2n) is 8.25. The first-order valence-corrected chi connectivity index (χ1v) is 13.8. The molecule has 0 spiro atoms. The molecule has 186 valence electrons. The predicted octanol–water partition coefficient (Wildman–Crippen LogP) is 6.22. The van der Waals surface area contributed by atoms with Gasteiger partial charge in [0.2, 0.25) is 0 Å². The summed E-state index contributed by atoms with van der Waals surface area (Å²) in [6, 6.07) is 26.9. The van der Waals surface area contributed by atoms with Crippen molar-refractivity contribution in [2.24, 2.45) is 5.73 Å². The molecule has 0 aliphatic rings. The van der Waals surface area contributed by atoms with Gasteiger partial charge in [-0.15, -0.1) is 10.5 Å². The number of urea groups is 1. The number of rotatable bonds is 13. The second kappa shape index (κ2) is 14.2. The fourth-order valence-corrected chi connectivity index (χ4v) is 5.39. The molecule has 1 atom stereocenters. The third kappa shape index (κ3) is 8.48. The first kappa shape index (κ1) is 26.4. The number of amides is 2. The Hall–Kier alpha value is -3.25. The summed E-state index contributed by atoms with van der Waals surface area (Å²) in [5.74, 6) is 1.76. The number of nitrogens with two attached hydrogens (primary N) is 1. The van der Waals surface area contributed by atoms with Crippen molar-refractivity contribution >= 4 is 21.4 Å². The van der Waals surface area contributed by atoms with Crippen molar-refractivity contribution in [1.82, 2.24) is 5.32 Å². The smallest absolute Gasteiger partial charge is 0.312 e. The van der Waals surface area contributed by atoms with Crippen LogP contribution in [-0.2, 0) is 0 Å². The number of ether oxygens (including phenoxy) is 2. The molecule has 0 saturated carbocycles. The van der Waals surface area contributed by atoms with E-state index in [9.17, 15) is 4.79 Å². The summed E-state index contributed by atoms with van der Waals surface area (Å²) in [5.41, 5.74) is 7.48. The number of carbonyl (C=O) groups excluding carboxylic acids is 1. The van der Waals surface area contributed by atoms with E-state index in [0.717, 1.165) is 43.8 Å². The van der Waals surface area contributed by atoms with Crippen LogP contribution in [0, 0.1) is 0 Å². The molecule has 0 saturated heterocycles. The van der Waals surface area contributed by atoms with Crippen LogP contribution in [0.4, 0.5) is 4.79 Å². The Morgan fingerprint density at radius 2 is 1.37 bits per heavy atom. The summed E-state index contributed by atoms with van der Waals surface area (Å²) in [5, 5.41) is 2.59. The molecular formula is C29H36N2O3S. The highest BCUT2D eigenvalue weighted by Gasteiger charge is 2.11. The quantitative estimate of drug-likeness (QED) is 0.169. The van der Waals surface area contributed by atoms with E-state index in [2.05, 4.69) is 79.2 Å². The molecule has 0 aliphatic carbocycles. The lowest BCUT2D eigenvalue weighted by molar-refractivity contribution is 0.248. The summed E-state index contributed by atoms with van der Waals surface area (Å²) in [6.45, 7) is 4.09. The van der Waals surface area contributed by atoms with Gasteiger partial charge in [-0.05, 0) is 73.0 Å². The molecule has 0 aliphatic heterocycles. The van der Waals surface area contributed by atoms with E-state index in [0.29, 0.717) is 13.2 Å². The van der Waals surface area contributed by atoms with E-state index in [1.54, 1.807) is 0 Å². The molecule has 0 fully saturated rings. The van der Waals surface area contributed by atoms with Crippen molar-refractivity contribution in [3.8, 4) is 11.5 Å². The Kier molecular flexibility index (Phi) is 10.7. The van der Waals surface area contributed by atoms with Crippen LogP contribution in [0.3, 0.4) is 0 Å². The Morgan fingerprint density at radius 1 is 0.800 bits per heavy atom. The molecule has 5 nitrogen and oxygen atoms in total. The number of hydrogen-bond acceptors (Lipinski definition) is 3. The first-order valence-electron chi connectivity index (χ1n) is 12.2. The molecule has 0 radical (unpaired) electrons. The van der Waals surface area contributed by atoms with Crippen LogP contribution in [0.25, 0.3) is 0 Å². The molecule has 3 aromatic rings. The van der Waals surface area contributed by atoms with Gasteiger partial charge in [0.25, 0.3) is 0 Å². The molecule has 0 aromatic heterocycles. The van der Waals surface area contributed by atoms with E-state index < -0.39 is 6.03 Å². The topological polar surface area (TPSA) is 73.6 Å². The number of benzene rings is 3. The zero-order valence-electron chi connectivity index (χ0n) is 20.7. The maximum absolute atomic E-state index is 10.7. The SMILES string of the molecule is CCCCOc1ccc(/S(C)=C(\c2ccccc2)c2ccc(OCCCCNC(N)=O)cc2)cc1. The Morgan fingerprint density at radius 3 is 1.97 bits per heavy atom. The zero-order valence-corrected chi connectivity index (χ0v) is 21.5. The van der Waals surface area contributed by atoms with Gasteiger partial charge < -0.3 is 20.5 Å². The summed E-state index contributed by atoms with van der Waals surface area (Å²) < 4.78 is 11.7. The third-order valence-electron chi connectivity index (χ3n) is 5.54. The van der Waals surface area contributed by atoms with Gasteiger partial charge in [-0.3, -0.25) is 0 Å². The minimum Gasteiger partial charge on any atom is -0.494 e. The van der Waals surface area contributed by atoms with E-state index >= 15 is 0 Å². The Bertz CT molecular complexity index is 1080. The highest BCUT2D eigenvalue weighted by Crippen LogP contribution is 2.32. The third-order valence-corrected chi connectivity index (χ3v) is 7.60. The average molecular weight is 493 g/mol. The number of nitrogens with one attached hydrogen (secondary N) is 1. The van der Waals surface area contributed by atoms with Gasteiger partial charge in [-0.1, -0.05) is 55.8 Å². The Labute approximate surface area is 211 Å². The molecule has 0 bridgehead atoms. The summed E-state index contributed by atoms with van der Waals surface area (Å²) >= 11 is 0. The minimum absolute atomic E-state index is 0.133. The molecule has 2 amide bonds. The molecule has 3 N–H and O–H groups in total. The van der Waals surface area contributed by atoms with Gasteiger partial charge in [0.05, 0.1) is 13.2 Å². The summed E-state index contributed by atoms with van der Waals surface area (Å²) in [7, 11) is -0.133. The van der Waals surface area contributed by atoms with E-state index in [-0.39, 0.29) is 10.5 Å². The largest absolute Gasteiger partial charge is 0.494 e. The maximum atomic E-state index is 10.7. The Balaban J connectivity index is 1.75. The van der Waals surface area contributed by atoms with E-state index in [1.807, 2.05) is 18.2 Å². The van der Waals surface area contributed by atoms with Crippen molar-refractivity contribution in [3.05, 3.63) is 90.0 Å². The highest BCUT2D eigenvalue weighted by molar-refractivity contribution is 8.16. The van der Waals surface area contributed by atoms with Crippen molar-refractivity contribution < 1.29 is 14.3 Å². The van der Waals surface area contributed by atoms with Crippen molar-refractivity contribution in [2.75, 3.05) is 26.0 Å². The lowest BCUT2D eigenvalue weighted by atomic mass is 10.0. The molecule has 3 rings (SSSR count). The van der Waals surface area contributed by atoms with Gasteiger partial charge in [-0.2, -0.15) is 0 Å². The van der Waals surface area contributed by atoms with Crippen molar-refractivity contribution in [1.29, 1.82) is 0 Å². The minimum atomic E-state index is -0.488. The van der Waals surface area contributed by atoms with Crippen LogP contribution in [0.1, 0.15) is 43.7 Å². The van der Waals surface area contributed by atoms with Gasteiger partial charge in [-0.25, -0.2) is 4.79 Å². The lowest BCUT2D eigenvalue weighted by Gasteiger charge is -2.16. The molecule has 6 heteroatoms. The summed E-state index contributed by atoms with van der Waals surface area (Å²) in [4.78, 5) is 13.3. The van der Waals surface area contributed by atoms with Gasteiger partial charge in [0.1, 0.15) is 11.5 Å². The van der Waals surface area contributed by atoms with Crippen LogP contribution >= 0.6 is 10.5 Å². The first-order chi connectivity index (χ1) is 17.1. The fraction of sp³-hybridized carbons (Fsp3) is 0.310. The van der Waals surface area contributed by atoms with Crippen LogP contribution in [0.5, 0.6) is 11.5 Å². The van der Waals surface area contributed by atoms with Crippen LogP contribution in [-0.4, -0.2) is 36.9 Å². The van der Waals surface area contributed by atoms with Crippen LogP contribution in [0.2, 0.25) is 0 Å². The van der Waals surface area contributed by atoms with E-state index in [1.165, 1.54) is 20.9 Å². The van der Waals surface area contributed by atoms with E-state index in [4.69, 9.17) is 15.2 Å². The standard InChI is InChI=1S/C29H36N2O3S/c1-3-4-21-33-26-16-18-27(19-17-26)35(2)28(23-10-6-5-7-11-23)24-12-14-25(15-13-24)34-22-9-8-20-31-29(30)32/h5-7,10-19H,3-4,8-9,20-22H2,1-2H3,(H3,30,31,32). The normalized spacial score (nSPS) is 12.0. The number of hydrogen-bond donors (Lipinski definition) is 2. The molecule has 3 aromatic carbocycles. The number of unbranched alkanes of at least 4 members (excludes halogenated alkanes) is 2. The predicted molar refractivity (Wildman–Crippen MR) is 147 cm³/mol. The molecule has 1 unspecified atom stereocenters. The number of primary amides is 1. The average Bonchev–Trinajstić information content (AvgIpc) is 2.88. The maximum Gasteiger partial charge on any atom is 0.312 e. The van der Waals surface area contributed by atoms with Crippen molar-refractivity contribution in [3.63, 3.8) is 0 Å². The van der Waals surface area contributed by atoms with Gasteiger partial charge in [0, 0.05) is 16.3 Å². The second-order valence-corrected chi connectivity index (χ2v) is 10.2. The van der Waals surface area contributed by atoms with Crippen molar-refractivity contribution in [2.45, 2.75) is 37.5 Å². The molecule has 35 heavy (non-hydrogen) atoms. The van der Waals surface area contributed by atoms with Crippen LogP contribution < -0.4 is 20.5 Å². The summed E-state index contributed by atoms with van der Waals surface area (Å²) in [6.07, 6.45) is 6.15. The van der Waals surface area contributed by atoms with Gasteiger partial charge >= 0.3 is 6.03 Å². The number of carbonyl (C=O) groups is 1. The molecular weight excluding hydrogens is 456 g/mol.